The van der Waals surface area contributed by atoms with Crippen molar-refractivity contribution < 1.29 is 23.9 Å². The predicted octanol–water partition coefficient (Wildman–Crippen LogP) is 3.24. The maximum atomic E-state index is 14.1. The molecule has 0 aliphatic carbocycles. The molecule has 1 N–H and O–H groups in total. The molecule has 8 nitrogen and oxygen atoms in total. The number of aryl methyl sites for hydroxylation is 1. The minimum atomic E-state index is -1.31. The van der Waals surface area contributed by atoms with E-state index in [0.717, 1.165) is 16.2 Å². The summed E-state index contributed by atoms with van der Waals surface area (Å²) in [6, 6.07) is 4.92. The standard InChI is InChI=1S/C24H22ClN3O5S/c1-10-11(2)34-21(16(10)22(31)33-3)28-19(29)17-15-5-4-8-27(15)24(18(17)20(28)30)13-9-12(25)6-7-14(13)26-23(24)32/h6-7,9,15,17-18H,4-5,8H2,1-3H3,(H,26,32)/t15-,17-,18+,24-/m1/s1. The molecular weight excluding hydrogens is 478 g/mol. The zero-order valence-electron chi connectivity index (χ0n) is 18.8. The van der Waals surface area contributed by atoms with E-state index in [0.29, 0.717) is 34.8 Å². The van der Waals surface area contributed by atoms with Crippen LogP contribution in [0.25, 0.3) is 0 Å². The van der Waals surface area contributed by atoms with Gasteiger partial charge in [-0.1, -0.05) is 11.6 Å². The number of methoxy groups -OCH3 is 1. The van der Waals surface area contributed by atoms with Gasteiger partial charge in [-0.05, 0) is 57.0 Å². The molecule has 0 unspecified atom stereocenters. The normalized spacial score (nSPS) is 29.6. The zero-order chi connectivity index (χ0) is 24.1. The number of carbonyl (C=O) groups excluding carboxylic acids is 4. The second-order valence-electron chi connectivity index (χ2n) is 9.28. The summed E-state index contributed by atoms with van der Waals surface area (Å²) in [6.45, 7) is 4.23. The predicted molar refractivity (Wildman–Crippen MR) is 126 cm³/mol. The molecule has 6 rings (SSSR count). The lowest BCUT2D eigenvalue weighted by Gasteiger charge is -2.36. The lowest BCUT2D eigenvalue weighted by atomic mass is 9.75. The van der Waals surface area contributed by atoms with Crippen LogP contribution in [0, 0.1) is 25.7 Å². The minimum absolute atomic E-state index is 0.225. The molecule has 5 heterocycles. The van der Waals surface area contributed by atoms with Crippen molar-refractivity contribution in [1.82, 2.24) is 4.90 Å². The van der Waals surface area contributed by atoms with Crippen molar-refractivity contribution in [3.05, 3.63) is 44.8 Å². The number of hydrogen-bond acceptors (Lipinski definition) is 7. The van der Waals surface area contributed by atoms with E-state index in [1.807, 2.05) is 11.8 Å². The van der Waals surface area contributed by atoms with Crippen molar-refractivity contribution >= 4 is 57.3 Å². The van der Waals surface area contributed by atoms with Crippen molar-refractivity contribution in [3.63, 3.8) is 0 Å². The SMILES string of the molecule is COC(=O)c1c(N2C(=O)[C@@H]3[C@H]4CCCN4[C@@]4(C(=O)Nc5ccc(Cl)cc54)[C@@H]3C2=O)sc(C)c1C. The van der Waals surface area contributed by atoms with Crippen LogP contribution in [-0.2, 0) is 24.7 Å². The molecule has 3 saturated heterocycles. The van der Waals surface area contributed by atoms with Gasteiger partial charge >= 0.3 is 5.97 Å². The Morgan fingerprint density at radius 2 is 2.00 bits per heavy atom. The van der Waals surface area contributed by atoms with E-state index in [-0.39, 0.29) is 28.4 Å². The summed E-state index contributed by atoms with van der Waals surface area (Å²) in [5.41, 5.74) is 0.845. The lowest BCUT2D eigenvalue weighted by Crippen LogP contribution is -2.54. The number of imide groups is 1. The first kappa shape index (κ1) is 21.8. The maximum Gasteiger partial charge on any atom is 0.341 e. The van der Waals surface area contributed by atoms with E-state index >= 15 is 0 Å². The first-order chi connectivity index (χ1) is 16.2. The number of fused-ring (bicyclic) bond motifs is 7. The molecule has 10 heteroatoms. The lowest BCUT2D eigenvalue weighted by molar-refractivity contribution is -0.135. The van der Waals surface area contributed by atoms with E-state index in [9.17, 15) is 19.2 Å². The molecule has 1 spiro atoms. The summed E-state index contributed by atoms with van der Waals surface area (Å²) in [5.74, 6) is -3.31. The first-order valence-electron chi connectivity index (χ1n) is 11.2. The number of nitrogens with one attached hydrogen (secondary N) is 1. The van der Waals surface area contributed by atoms with E-state index in [4.69, 9.17) is 16.3 Å². The van der Waals surface area contributed by atoms with Crippen molar-refractivity contribution in [2.24, 2.45) is 11.8 Å². The third-order valence-corrected chi connectivity index (χ3v) is 9.34. The van der Waals surface area contributed by atoms with Crippen LogP contribution in [0.15, 0.2) is 18.2 Å². The van der Waals surface area contributed by atoms with Gasteiger partial charge in [0.25, 0.3) is 0 Å². The molecular formula is C24H22ClN3O5S. The van der Waals surface area contributed by atoms with Gasteiger partial charge < -0.3 is 10.1 Å². The highest BCUT2D eigenvalue weighted by atomic mass is 35.5. The van der Waals surface area contributed by atoms with Gasteiger partial charge in [0.1, 0.15) is 10.5 Å². The Kier molecular flexibility index (Phi) is 4.56. The number of rotatable bonds is 2. The molecule has 0 radical (unpaired) electrons. The van der Waals surface area contributed by atoms with Crippen LogP contribution < -0.4 is 10.2 Å². The highest BCUT2D eigenvalue weighted by molar-refractivity contribution is 7.17. The van der Waals surface area contributed by atoms with Crippen LogP contribution in [0.4, 0.5) is 10.7 Å². The molecule has 34 heavy (non-hydrogen) atoms. The second-order valence-corrected chi connectivity index (χ2v) is 10.9. The monoisotopic (exact) mass is 499 g/mol. The molecule has 4 aliphatic heterocycles. The average Bonchev–Trinajstić information content (AvgIpc) is 3.56. The van der Waals surface area contributed by atoms with Gasteiger partial charge in [0.05, 0.1) is 24.5 Å². The molecule has 1 aromatic heterocycles. The number of benzene rings is 1. The Bertz CT molecular complexity index is 1320. The molecule has 176 valence electrons. The average molecular weight is 500 g/mol. The first-order valence-corrected chi connectivity index (χ1v) is 12.4. The van der Waals surface area contributed by atoms with Crippen LogP contribution in [-0.4, -0.2) is 48.3 Å². The Hall–Kier alpha value is -2.75. The summed E-state index contributed by atoms with van der Waals surface area (Å²) in [6.07, 6.45) is 1.54. The maximum absolute atomic E-state index is 14.1. The molecule has 0 saturated carbocycles. The number of amides is 3. The number of halogens is 1. The number of esters is 1. The van der Waals surface area contributed by atoms with Gasteiger partial charge in [-0.25, -0.2) is 9.69 Å². The number of thiophene rings is 1. The van der Waals surface area contributed by atoms with E-state index in [2.05, 4.69) is 5.32 Å². The topological polar surface area (TPSA) is 96.0 Å². The Morgan fingerprint density at radius 1 is 1.24 bits per heavy atom. The number of nitrogens with zero attached hydrogens (tertiary/aromatic N) is 2. The Balaban J connectivity index is 1.56. The smallest absolute Gasteiger partial charge is 0.341 e. The zero-order valence-corrected chi connectivity index (χ0v) is 20.4. The number of anilines is 2. The number of ether oxygens (including phenoxy) is 1. The Labute approximate surface area is 204 Å². The van der Waals surface area contributed by atoms with Gasteiger partial charge in [-0.3, -0.25) is 19.3 Å². The van der Waals surface area contributed by atoms with Gasteiger partial charge in [0.15, 0.2) is 0 Å². The molecule has 4 aliphatic rings. The Morgan fingerprint density at radius 3 is 2.74 bits per heavy atom. The fraction of sp³-hybridized carbons (Fsp3) is 0.417. The van der Waals surface area contributed by atoms with Gasteiger partial charge in [-0.2, -0.15) is 0 Å². The number of hydrogen-bond donors (Lipinski definition) is 1. The van der Waals surface area contributed by atoms with Crippen molar-refractivity contribution in [2.45, 2.75) is 38.3 Å². The third-order valence-electron chi connectivity index (χ3n) is 7.91. The third kappa shape index (κ3) is 2.42. The van der Waals surface area contributed by atoms with Crippen LogP contribution in [0.3, 0.4) is 0 Å². The van der Waals surface area contributed by atoms with Gasteiger partial charge in [0.2, 0.25) is 17.7 Å². The van der Waals surface area contributed by atoms with E-state index in [1.165, 1.54) is 18.4 Å². The second kappa shape index (κ2) is 7.13. The van der Waals surface area contributed by atoms with Gasteiger partial charge in [0, 0.05) is 27.2 Å². The summed E-state index contributed by atoms with van der Waals surface area (Å²) in [7, 11) is 1.27. The summed E-state index contributed by atoms with van der Waals surface area (Å²) in [5, 5.41) is 3.66. The molecule has 0 bridgehead atoms. The number of carbonyl (C=O) groups is 4. The molecule has 3 fully saturated rings. The van der Waals surface area contributed by atoms with Crippen molar-refractivity contribution in [2.75, 3.05) is 23.9 Å². The molecule has 2 aromatic rings. The van der Waals surface area contributed by atoms with Crippen LogP contribution in [0.2, 0.25) is 5.02 Å². The minimum Gasteiger partial charge on any atom is -0.465 e. The summed E-state index contributed by atoms with van der Waals surface area (Å²) < 4.78 is 4.97. The summed E-state index contributed by atoms with van der Waals surface area (Å²) >= 11 is 7.55. The van der Waals surface area contributed by atoms with Crippen LogP contribution in [0.5, 0.6) is 0 Å². The fourth-order valence-electron chi connectivity index (χ4n) is 6.48. The quantitative estimate of drug-likeness (QED) is 0.503. The molecule has 4 atom stereocenters. The largest absolute Gasteiger partial charge is 0.465 e. The van der Waals surface area contributed by atoms with E-state index in [1.54, 1.807) is 25.1 Å². The molecule has 1 aromatic carbocycles. The van der Waals surface area contributed by atoms with E-state index < -0.39 is 29.3 Å². The fourth-order valence-corrected chi connectivity index (χ4v) is 7.81. The van der Waals surface area contributed by atoms with Gasteiger partial charge in [-0.15, -0.1) is 11.3 Å². The summed E-state index contributed by atoms with van der Waals surface area (Å²) in [4.78, 5) is 58.4. The molecule has 3 amide bonds. The van der Waals surface area contributed by atoms with Crippen LogP contribution in [0.1, 0.15) is 39.2 Å². The highest BCUT2D eigenvalue weighted by Crippen LogP contribution is 2.61. The van der Waals surface area contributed by atoms with Crippen molar-refractivity contribution in [1.29, 1.82) is 0 Å². The highest BCUT2D eigenvalue weighted by Gasteiger charge is 2.75. The van der Waals surface area contributed by atoms with Crippen molar-refractivity contribution in [3.8, 4) is 0 Å². The van der Waals surface area contributed by atoms with Crippen LogP contribution >= 0.6 is 22.9 Å².